The highest BCUT2D eigenvalue weighted by Crippen LogP contribution is 2.39. The Morgan fingerprint density at radius 2 is 2.26 bits per heavy atom. The molecule has 2 aromatic rings. The van der Waals surface area contributed by atoms with Gasteiger partial charge >= 0.3 is 0 Å². The molecular formula is C15H18ClNS2. The van der Waals surface area contributed by atoms with E-state index >= 15 is 0 Å². The summed E-state index contributed by atoms with van der Waals surface area (Å²) in [6.45, 7) is 4.45. The summed E-state index contributed by atoms with van der Waals surface area (Å²) in [5.41, 5.74) is 1.43. The molecule has 0 aliphatic heterocycles. The lowest BCUT2D eigenvalue weighted by Crippen LogP contribution is -2.30. The maximum absolute atomic E-state index is 6.11. The Hall–Kier alpha value is -0.350. The van der Waals surface area contributed by atoms with Crippen LogP contribution in [0.25, 0.3) is 0 Å². The molecule has 0 saturated heterocycles. The van der Waals surface area contributed by atoms with Crippen LogP contribution in [0.4, 0.5) is 0 Å². The van der Waals surface area contributed by atoms with Gasteiger partial charge in [0.1, 0.15) is 0 Å². The van der Waals surface area contributed by atoms with Gasteiger partial charge in [0.05, 0.1) is 4.34 Å². The molecule has 2 unspecified atom stereocenters. The van der Waals surface area contributed by atoms with Crippen molar-refractivity contribution in [3.63, 3.8) is 0 Å². The van der Waals surface area contributed by atoms with Crippen LogP contribution in [0.15, 0.2) is 18.2 Å². The van der Waals surface area contributed by atoms with E-state index in [1.807, 2.05) is 11.3 Å². The Balaban J connectivity index is 1.62. The van der Waals surface area contributed by atoms with E-state index in [2.05, 4.69) is 37.4 Å². The van der Waals surface area contributed by atoms with Crippen LogP contribution >= 0.6 is 34.3 Å². The molecule has 0 amide bonds. The zero-order valence-corrected chi connectivity index (χ0v) is 13.6. The van der Waals surface area contributed by atoms with Gasteiger partial charge in [0.15, 0.2) is 0 Å². The summed E-state index contributed by atoms with van der Waals surface area (Å²) in [4.78, 5) is 4.34. The maximum Gasteiger partial charge on any atom is 0.0934 e. The molecule has 2 atom stereocenters. The summed E-state index contributed by atoms with van der Waals surface area (Å²) in [7, 11) is 0. The fourth-order valence-corrected chi connectivity index (χ4v) is 5.18. The third kappa shape index (κ3) is 3.05. The van der Waals surface area contributed by atoms with Crippen LogP contribution in [0.5, 0.6) is 0 Å². The van der Waals surface area contributed by atoms with Crippen LogP contribution in [0.1, 0.15) is 39.6 Å². The first-order valence-electron chi connectivity index (χ1n) is 6.71. The Morgan fingerprint density at radius 1 is 1.42 bits per heavy atom. The molecule has 2 heterocycles. The fourth-order valence-electron chi connectivity index (χ4n) is 2.80. The third-order valence-corrected chi connectivity index (χ3v) is 6.00. The number of fused-ring (bicyclic) bond motifs is 1. The van der Waals surface area contributed by atoms with Crippen molar-refractivity contribution in [2.24, 2.45) is 0 Å². The number of hydrogen-bond acceptors (Lipinski definition) is 3. The predicted octanol–water partition coefficient (Wildman–Crippen LogP) is 4.98. The molecule has 0 fully saturated rings. The van der Waals surface area contributed by atoms with Gasteiger partial charge in [0.25, 0.3) is 0 Å². The average molecular weight is 312 g/mol. The first-order chi connectivity index (χ1) is 9.11. The van der Waals surface area contributed by atoms with Crippen molar-refractivity contribution in [1.29, 1.82) is 0 Å². The van der Waals surface area contributed by atoms with Gasteiger partial charge in [-0.25, -0.2) is 0 Å². The maximum atomic E-state index is 6.11. The van der Waals surface area contributed by atoms with Crippen molar-refractivity contribution < 1.29 is 0 Å². The highest BCUT2D eigenvalue weighted by molar-refractivity contribution is 7.16. The van der Waals surface area contributed by atoms with E-state index in [0.29, 0.717) is 12.1 Å². The van der Waals surface area contributed by atoms with E-state index in [0.717, 1.165) is 10.8 Å². The van der Waals surface area contributed by atoms with E-state index < -0.39 is 0 Å². The number of hydrogen-bond donors (Lipinski definition) is 1. The smallest absolute Gasteiger partial charge is 0.0934 e. The van der Waals surface area contributed by atoms with Crippen molar-refractivity contribution in [1.82, 2.24) is 5.32 Å². The van der Waals surface area contributed by atoms with Crippen LogP contribution in [-0.2, 0) is 12.8 Å². The van der Waals surface area contributed by atoms with Gasteiger partial charge in [-0.15, -0.1) is 22.7 Å². The molecule has 1 aliphatic carbocycles. The standard InChI is InChI=1S/C15H18ClNS2/c1-9(7-11-4-3-10(2)18-11)17-13-5-6-14-12(13)8-15(16)19-14/h3-4,8-9,13,17H,5-7H2,1-2H3. The summed E-state index contributed by atoms with van der Waals surface area (Å²) in [5, 5.41) is 3.76. The van der Waals surface area contributed by atoms with Gasteiger partial charge in [-0.3, -0.25) is 0 Å². The van der Waals surface area contributed by atoms with Crippen LogP contribution < -0.4 is 5.32 Å². The zero-order chi connectivity index (χ0) is 13.4. The largest absolute Gasteiger partial charge is 0.307 e. The summed E-state index contributed by atoms with van der Waals surface area (Å²) >= 11 is 9.75. The Bertz CT molecular complexity index is 572. The monoisotopic (exact) mass is 311 g/mol. The van der Waals surface area contributed by atoms with Gasteiger partial charge < -0.3 is 5.32 Å². The van der Waals surface area contributed by atoms with Crippen molar-refractivity contribution >= 4 is 34.3 Å². The highest BCUT2D eigenvalue weighted by atomic mass is 35.5. The Morgan fingerprint density at radius 3 is 3.00 bits per heavy atom. The van der Waals surface area contributed by atoms with E-state index in [9.17, 15) is 0 Å². The fraction of sp³-hybridized carbons (Fsp3) is 0.467. The highest BCUT2D eigenvalue weighted by Gasteiger charge is 2.26. The van der Waals surface area contributed by atoms with Crippen molar-refractivity contribution in [3.05, 3.63) is 42.7 Å². The molecule has 0 bridgehead atoms. The normalized spacial score (nSPS) is 19.6. The van der Waals surface area contributed by atoms with E-state index in [-0.39, 0.29) is 0 Å². The van der Waals surface area contributed by atoms with Crippen LogP contribution in [-0.4, -0.2) is 6.04 Å². The SMILES string of the molecule is Cc1ccc(CC(C)NC2CCc3sc(Cl)cc32)s1. The van der Waals surface area contributed by atoms with Gasteiger partial charge in [-0.05, 0) is 56.9 Å². The molecule has 0 spiro atoms. The zero-order valence-electron chi connectivity index (χ0n) is 11.2. The summed E-state index contributed by atoms with van der Waals surface area (Å²) < 4.78 is 0.929. The van der Waals surface area contributed by atoms with E-state index in [4.69, 9.17) is 11.6 Å². The first-order valence-corrected chi connectivity index (χ1v) is 8.72. The van der Waals surface area contributed by atoms with Gasteiger partial charge in [-0.2, -0.15) is 0 Å². The molecule has 0 saturated carbocycles. The second-order valence-electron chi connectivity index (χ2n) is 5.30. The molecule has 0 aromatic carbocycles. The minimum atomic E-state index is 0.495. The Kier molecular flexibility index (Phi) is 3.99. The lowest BCUT2D eigenvalue weighted by Gasteiger charge is -2.19. The predicted molar refractivity (Wildman–Crippen MR) is 85.7 cm³/mol. The molecule has 0 radical (unpaired) electrons. The van der Waals surface area contributed by atoms with Crippen LogP contribution in [0.3, 0.4) is 0 Å². The third-order valence-electron chi connectivity index (χ3n) is 3.64. The minimum absolute atomic E-state index is 0.495. The molecule has 1 N–H and O–H groups in total. The van der Waals surface area contributed by atoms with E-state index in [1.54, 1.807) is 11.3 Å². The molecule has 102 valence electrons. The molecular weight excluding hydrogens is 294 g/mol. The molecule has 4 heteroatoms. The molecule has 1 aliphatic rings. The number of rotatable bonds is 4. The lowest BCUT2D eigenvalue weighted by molar-refractivity contribution is 0.453. The Labute approximate surface area is 127 Å². The second kappa shape index (κ2) is 5.57. The number of thiophene rings is 2. The number of aryl methyl sites for hydroxylation is 2. The number of halogens is 1. The van der Waals surface area contributed by atoms with Gasteiger partial charge in [-0.1, -0.05) is 11.6 Å². The van der Waals surface area contributed by atoms with Crippen LogP contribution in [0, 0.1) is 6.92 Å². The second-order valence-corrected chi connectivity index (χ2v) is 8.44. The van der Waals surface area contributed by atoms with Crippen molar-refractivity contribution in [3.8, 4) is 0 Å². The lowest BCUT2D eigenvalue weighted by atomic mass is 10.1. The quantitative estimate of drug-likeness (QED) is 0.839. The van der Waals surface area contributed by atoms with Gasteiger partial charge in [0.2, 0.25) is 0 Å². The first kappa shape index (κ1) is 13.6. The topological polar surface area (TPSA) is 12.0 Å². The molecule has 19 heavy (non-hydrogen) atoms. The summed E-state index contributed by atoms with van der Waals surface area (Å²) in [6.07, 6.45) is 3.50. The molecule has 2 aromatic heterocycles. The van der Waals surface area contributed by atoms with Gasteiger partial charge in [0, 0.05) is 26.7 Å². The summed E-state index contributed by atoms with van der Waals surface area (Å²) in [6, 6.07) is 7.61. The molecule has 3 rings (SSSR count). The van der Waals surface area contributed by atoms with E-state index in [1.165, 1.54) is 33.0 Å². The average Bonchev–Trinajstić information content (AvgIpc) is 2.98. The molecule has 1 nitrogen and oxygen atoms in total. The van der Waals surface area contributed by atoms with Crippen molar-refractivity contribution in [2.45, 2.75) is 45.2 Å². The minimum Gasteiger partial charge on any atom is -0.307 e. The summed E-state index contributed by atoms with van der Waals surface area (Å²) in [5.74, 6) is 0. The number of nitrogens with one attached hydrogen (secondary N) is 1. The van der Waals surface area contributed by atoms with Crippen molar-refractivity contribution in [2.75, 3.05) is 0 Å². The van der Waals surface area contributed by atoms with Crippen LogP contribution in [0.2, 0.25) is 4.34 Å².